The summed E-state index contributed by atoms with van der Waals surface area (Å²) < 4.78 is 29.1. The second-order valence-corrected chi connectivity index (χ2v) is 10.4. The summed E-state index contributed by atoms with van der Waals surface area (Å²) in [5, 5.41) is 3.00. The lowest BCUT2D eigenvalue weighted by Gasteiger charge is -2.15. The number of benzene rings is 3. The highest BCUT2D eigenvalue weighted by Crippen LogP contribution is 2.19. The third-order valence-corrected chi connectivity index (χ3v) is 7.34. The van der Waals surface area contributed by atoms with E-state index < -0.39 is 10.0 Å². The first-order chi connectivity index (χ1) is 15.2. The maximum Gasteiger partial charge on any atom is 0.241 e. The number of carbonyl (C=O) groups excluding carboxylic acids is 1. The molecule has 0 heterocycles. The van der Waals surface area contributed by atoms with Gasteiger partial charge in [0.15, 0.2) is 0 Å². The van der Waals surface area contributed by atoms with Gasteiger partial charge in [-0.2, -0.15) is 0 Å². The predicted octanol–water partition coefficient (Wildman–Crippen LogP) is 5.30. The Morgan fingerprint density at radius 2 is 1.44 bits per heavy atom. The summed E-state index contributed by atoms with van der Waals surface area (Å²) in [4.78, 5) is 12.5. The van der Waals surface area contributed by atoms with E-state index in [4.69, 9.17) is 0 Å². The van der Waals surface area contributed by atoms with Crippen molar-refractivity contribution in [3.8, 4) is 0 Å². The fourth-order valence-corrected chi connectivity index (χ4v) is 4.85. The third-order valence-electron chi connectivity index (χ3n) is 5.25. The molecule has 32 heavy (non-hydrogen) atoms. The lowest BCUT2D eigenvalue weighted by Crippen LogP contribution is -2.27. The normalized spacial score (nSPS) is 13.3. The summed E-state index contributed by atoms with van der Waals surface area (Å²) >= 11 is 3.41. The standard InChI is InChI=1S/C25H27BrN2O3S/c1-18(22-11-13-23(26)14-12-22)27-25(29)17-10-20-8-15-24(16-9-20)32(30,31)28-19(2)21-6-4-3-5-7-21/h3-9,11-16,18-19,28H,10,17H2,1-2H3,(H,27,29)/t18-,19+/m0/s1. The lowest BCUT2D eigenvalue weighted by atomic mass is 10.1. The van der Waals surface area contributed by atoms with Crippen molar-refractivity contribution in [1.82, 2.24) is 10.0 Å². The van der Waals surface area contributed by atoms with Gasteiger partial charge in [-0.25, -0.2) is 13.1 Å². The molecule has 5 nitrogen and oxygen atoms in total. The van der Waals surface area contributed by atoms with Crippen LogP contribution in [0, 0.1) is 0 Å². The molecular formula is C25H27BrN2O3S. The van der Waals surface area contributed by atoms with Gasteiger partial charge < -0.3 is 5.32 Å². The Morgan fingerprint density at radius 3 is 2.06 bits per heavy atom. The quantitative estimate of drug-likeness (QED) is 0.406. The van der Waals surface area contributed by atoms with Gasteiger partial charge in [-0.3, -0.25) is 4.79 Å². The number of halogens is 1. The number of nitrogens with one attached hydrogen (secondary N) is 2. The molecular weight excluding hydrogens is 488 g/mol. The van der Waals surface area contributed by atoms with Crippen LogP contribution in [0.3, 0.4) is 0 Å². The lowest BCUT2D eigenvalue weighted by molar-refractivity contribution is -0.121. The molecule has 3 aromatic carbocycles. The Labute approximate surface area is 198 Å². The molecule has 0 saturated heterocycles. The van der Waals surface area contributed by atoms with Crippen LogP contribution < -0.4 is 10.0 Å². The molecule has 0 fully saturated rings. The largest absolute Gasteiger partial charge is 0.350 e. The van der Waals surface area contributed by atoms with E-state index >= 15 is 0 Å². The van der Waals surface area contributed by atoms with E-state index in [0.717, 1.165) is 21.2 Å². The highest BCUT2D eigenvalue weighted by molar-refractivity contribution is 9.10. The molecule has 2 atom stereocenters. The Morgan fingerprint density at radius 1 is 0.844 bits per heavy atom. The van der Waals surface area contributed by atoms with E-state index in [2.05, 4.69) is 26.0 Å². The van der Waals surface area contributed by atoms with E-state index in [1.165, 1.54) is 0 Å². The van der Waals surface area contributed by atoms with Gasteiger partial charge in [0.2, 0.25) is 15.9 Å². The Hall–Kier alpha value is -2.48. The summed E-state index contributed by atoms with van der Waals surface area (Å²) in [6.45, 7) is 3.76. The highest BCUT2D eigenvalue weighted by atomic mass is 79.9. The smallest absolute Gasteiger partial charge is 0.241 e. The minimum atomic E-state index is -3.64. The molecule has 0 aromatic heterocycles. The van der Waals surface area contributed by atoms with E-state index in [9.17, 15) is 13.2 Å². The number of hydrogen-bond acceptors (Lipinski definition) is 3. The molecule has 0 aliphatic heterocycles. The third kappa shape index (κ3) is 6.76. The molecule has 2 N–H and O–H groups in total. The zero-order valence-electron chi connectivity index (χ0n) is 18.1. The molecule has 7 heteroatoms. The molecule has 0 radical (unpaired) electrons. The first kappa shape index (κ1) is 24.2. The zero-order valence-corrected chi connectivity index (χ0v) is 20.5. The van der Waals surface area contributed by atoms with Gasteiger partial charge in [0.05, 0.1) is 10.9 Å². The minimum absolute atomic E-state index is 0.0459. The van der Waals surface area contributed by atoms with Crippen LogP contribution in [0.1, 0.15) is 49.0 Å². The van der Waals surface area contributed by atoms with Crippen LogP contribution in [0.5, 0.6) is 0 Å². The van der Waals surface area contributed by atoms with Gasteiger partial charge in [0, 0.05) is 16.9 Å². The van der Waals surface area contributed by atoms with Gasteiger partial charge in [-0.05, 0) is 61.2 Å². The second kappa shape index (κ2) is 10.9. The SMILES string of the molecule is C[C@H](NC(=O)CCc1ccc(S(=O)(=O)N[C@H](C)c2ccccc2)cc1)c1ccc(Br)cc1. The summed E-state index contributed by atoms with van der Waals surface area (Å²) in [5.74, 6) is -0.0459. The maximum absolute atomic E-state index is 12.7. The van der Waals surface area contributed by atoms with E-state index in [0.29, 0.717) is 12.8 Å². The number of sulfonamides is 1. The van der Waals surface area contributed by atoms with Crippen LogP contribution in [0.15, 0.2) is 88.2 Å². The molecule has 0 aliphatic rings. The molecule has 1 amide bonds. The average Bonchev–Trinajstić information content (AvgIpc) is 2.78. The van der Waals surface area contributed by atoms with Crippen LogP contribution >= 0.6 is 15.9 Å². The molecule has 3 aromatic rings. The van der Waals surface area contributed by atoms with Crippen LogP contribution in [0.25, 0.3) is 0 Å². The summed E-state index contributed by atoms with van der Waals surface area (Å²) in [7, 11) is -3.64. The molecule has 0 saturated carbocycles. The van der Waals surface area contributed by atoms with Crippen LogP contribution in [-0.4, -0.2) is 14.3 Å². The minimum Gasteiger partial charge on any atom is -0.350 e. The number of carbonyl (C=O) groups is 1. The van der Waals surface area contributed by atoms with Gasteiger partial charge in [-0.1, -0.05) is 70.5 Å². The van der Waals surface area contributed by atoms with Crippen LogP contribution in [0.4, 0.5) is 0 Å². The molecule has 3 rings (SSSR count). The van der Waals surface area contributed by atoms with Crippen molar-refractivity contribution in [2.45, 2.75) is 43.7 Å². The van der Waals surface area contributed by atoms with Crippen LogP contribution in [-0.2, 0) is 21.2 Å². The fraction of sp³-hybridized carbons (Fsp3) is 0.240. The first-order valence-electron chi connectivity index (χ1n) is 10.5. The molecule has 0 bridgehead atoms. The van der Waals surface area contributed by atoms with Crippen molar-refractivity contribution in [2.75, 3.05) is 0 Å². The van der Waals surface area contributed by atoms with Crippen molar-refractivity contribution < 1.29 is 13.2 Å². The molecule has 168 valence electrons. The zero-order chi connectivity index (χ0) is 23.1. The second-order valence-electron chi connectivity index (χ2n) is 7.74. The topological polar surface area (TPSA) is 75.3 Å². The Kier molecular flexibility index (Phi) is 8.23. The van der Waals surface area contributed by atoms with Crippen molar-refractivity contribution in [3.05, 3.63) is 100 Å². The van der Waals surface area contributed by atoms with Gasteiger partial charge >= 0.3 is 0 Å². The number of amides is 1. The summed E-state index contributed by atoms with van der Waals surface area (Å²) in [6, 6.07) is 23.5. The van der Waals surface area contributed by atoms with E-state index in [-0.39, 0.29) is 22.9 Å². The Bertz CT molecular complexity index is 1130. The maximum atomic E-state index is 12.7. The van der Waals surface area contributed by atoms with Crippen LogP contribution in [0.2, 0.25) is 0 Å². The number of rotatable bonds is 9. The molecule has 0 unspecified atom stereocenters. The van der Waals surface area contributed by atoms with E-state index in [1.807, 2.05) is 68.4 Å². The van der Waals surface area contributed by atoms with Gasteiger partial charge in [0.25, 0.3) is 0 Å². The highest BCUT2D eigenvalue weighted by Gasteiger charge is 2.18. The van der Waals surface area contributed by atoms with Crippen molar-refractivity contribution in [2.24, 2.45) is 0 Å². The fourth-order valence-electron chi connectivity index (χ4n) is 3.35. The molecule has 0 spiro atoms. The summed E-state index contributed by atoms with van der Waals surface area (Å²) in [6.07, 6.45) is 0.864. The predicted molar refractivity (Wildman–Crippen MR) is 131 cm³/mol. The first-order valence-corrected chi connectivity index (χ1v) is 12.7. The van der Waals surface area contributed by atoms with Crippen molar-refractivity contribution >= 4 is 31.9 Å². The van der Waals surface area contributed by atoms with E-state index in [1.54, 1.807) is 24.3 Å². The number of hydrogen-bond donors (Lipinski definition) is 2. The van der Waals surface area contributed by atoms with Crippen molar-refractivity contribution in [3.63, 3.8) is 0 Å². The summed E-state index contributed by atoms with van der Waals surface area (Å²) in [5.41, 5.74) is 2.84. The molecule has 0 aliphatic carbocycles. The number of aryl methyl sites for hydroxylation is 1. The van der Waals surface area contributed by atoms with Gasteiger partial charge in [-0.15, -0.1) is 0 Å². The monoisotopic (exact) mass is 514 g/mol. The average molecular weight is 515 g/mol. The van der Waals surface area contributed by atoms with Gasteiger partial charge in [0.1, 0.15) is 0 Å². The van der Waals surface area contributed by atoms with Crippen molar-refractivity contribution in [1.29, 1.82) is 0 Å². The Balaban J connectivity index is 1.53.